The Balaban J connectivity index is 2.97. The zero-order valence-corrected chi connectivity index (χ0v) is 8.26. The highest BCUT2D eigenvalue weighted by atomic mass is 19.3. The third kappa shape index (κ3) is 2.90. The lowest BCUT2D eigenvalue weighted by Crippen LogP contribution is -2.16. The third-order valence-corrected chi connectivity index (χ3v) is 1.86. The van der Waals surface area contributed by atoms with Crippen LogP contribution in [0.3, 0.4) is 0 Å². The number of para-hydroxylation sites is 1. The number of nitrogens with two attached hydrogens (primary N) is 1. The summed E-state index contributed by atoms with van der Waals surface area (Å²) in [7, 11) is 0. The van der Waals surface area contributed by atoms with Gasteiger partial charge in [0.1, 0.15) is 18.2 Å². The Morgan fingerprint density at radius 1 is 1.53 bits per heavy atom. The van der Waals surface area contributed by atoms with E-state index in [1.54, 1.807) is 25.1 Å². The minimum atomic E-state index is -2.54. The first kappa shape index (κ1) is 11.4. The van der Waals surface area contributed by atoms with E-state index >= 15 is 0 Å². The zero-order valence-electron chi connectivity index (χ0n) is 8.26. The number of alkyl halides is 2. The Labute approximate surface area is 86.4 Å². The van der Waals surface area contributed by atoms with Crippen LogP contribution in [-0.2, 0) is 0 Å². The van der Waals surface area contributed by atoms with Gasteiger partial charge in [-0.2, -0.15) is 0 Å². The molecular weight excluding hydrogens is 202 g/mol. The third-order valence-electron chi connectivity index (χ3n) is 1.86. The van der Waals surface area contributed by atoms with Crippen LogP contribution in [0, 0.1) is 12.3 Å². The highest BCUT2D eigenvalue weighted by Gasteiger charge is 2.11. The molecule has 0 aliphatic carbocycles. The molecule has 0 unspecified atom stereocenters. The van der Waals surface area contributed by atoms with E-state index in [0.717, 1.165) is 0 Å². The molecule has 0 aliphatic rings. The van der Waals surface area contributed by atoms with E-state index in [1.807, 2.05) is 0 Å². The van der Waals surface area contributed by atoms with Crippen molar-refractivity contribution in [2.75, 3.05) is 6.61 Å². The topological polar surface area (TPSA) is 59.1 Å². The molecule has 0 bridgehead atoms. The molecule has 0 fully saturated rings. The first-order valence-electron chi connectivity index (χ1n) is 4.37. The lowest BCUT2D eigenvalue weighted by atomic mass is 10.1. The van der Waals surface area contributed by atoms with Crippen LogP contribution >= 0.6 is 0 Å². The van der Waals surface area contributed by atoms with Crippen molar-refractivity contribution in [3.8, 4) is 5.75 Å². The monoisotopic (exact) mass is 214 g/mol. The minimum absolute atomic E-state index is 0.192. The van der Waals surface area contributed by atoms with E-state index < -0.39 is 13.0 Å². The number of nitrogens with one attached hydrogen (secondary N) is 1. The average Bonchev–Trinajstić information content (AvgIpc) is 2.15. The predicted octanol–water partition coefficient (Wildman–Crippen LogP) is 1.92. The SMILES string of the molecule is Cc1cccc(C(=N)N)c1OCC(F)F. The first-order valence-corrected chi connectivity index (χ1v) is 4.37. The van der Waals surface area contributed by atoms with Crippen molar-refractivity contribution in [2.45, 2.75) is 13.3 Å². The van der Waals surface area contributed by atoms with Gasteiger partial charge in [-0.05, 0) is 18.6 Å². The standard InChI is InChI=1S/C10H12F2N2O/c1-6-3-2-4-7(10(13)14)9(6)15-5-8(11)12/h2-4,8H,5H2,1H3,(H3,13,14). The fraction of sp³-hybridized carbons (Fsp3) is 0.300. The quantitative estimate of drug-likeness (QED) is 0.594. The Bertz CT molecular complexity index is 366. The van der Waals surface area contributed by atoms with Gasteiger partial charge in [-0.25, -0.2) is 8.78 Å². The Morgan fingerprint density at radius 2 is 2.20 bits per heavy atom. The smallest absolute Gasteiger partial charge is 0.272 e. The van der Waals surface area contributed by atoms with Gasteiger partial charge in [0.05, 0.1) is 5.56 Å². The van der Waals surface area contributed by atoms with Crippen molar-refractivity contribution in [3.63, 3.8) is 0 Å². The van der Waals surface area contributed by atoms with Crippen molar-refractivity contribution in [1.29, 1.82) is 5.41 Å². The van der Waals surface area contributed by atoms with Gasteiger partial charge in [0.15, 0.2) is 0 Å². The number of hydrogen-bond donors (Lipinski definition) is 2. The summed E-state index contributed by atoms with van der Waals surface area (Å²) in [5, 5.41) is 7.27. The highest BCUT2D eigenvalue weighted by Crippen LogP contribution is 2.23. The fourth-order valence-electron chi connectivity index (χ4n) is 1.20. The predicted molar refractivity (Wildman–Crippen MR) is 53.7 cm³/mol. The molecule has 5 heteroatoms. The molecule has 0 aromatic heterocycles. The van der Waals surface area contributed by atoms with Crippen LogP contribution in [0.4, 0.5) is 8.78 Å². The van der Waals surface area contributed by atoms with Gasteiger partial charge < -0.3 is 10.5 Å². The maximum atomic E-state index is 12.0. The van der Waals surface area contributed by atoms with Gasteiger partial charge in [-0.1, -0.05) is 12.1 Å². The second-order valence-corrected chi connectivity index (χ2v) is 3.07. The zero-order chi connectivity index (χ0) is 11.4. The summed E-state index contributed by atoms with van der Waals surface area (Å²) < 4.78 is 28.9. The van der Waals surface area contributed by atoms with Gasteiger partial charge in [0.2, 0.25) is 0 Å². The van der Waals surface area contributed by atoms with Crippen molar-refractivity contribution < 1.29 is 13.5 Å². The largest absolute Gasteiger partial charge is 0.487 e. The number of benzene rings is 1. The van der Waals surface area contributed by atoms with Crippen molar-refractivity contribution in [2.24, 2.45) is 5.73 Å². The number of hydrogen-bond acceptors (Lipinski definition) is 2. The Morgan fingerprint density at radius 3 is 2.73 bits per heavy atom. The highest BCUT2D eigenvalue weighted by molar-refractivity contribution is 5.98. The molecule has 0 saturated carbocycles. The molecule has 0 radical (unpaired) electrons. The number of ether oxygens (including phenoxy) is 1. The first-order chi connectivity index (χ1) is 7.02. The van der Waals surface area contributed by atoms with Crippen molar-refractivity contribution >= 4 is 5.84 Å². The van der Waals surface area contributed by atoms with E-state index in [9.17, 15) is 8.78 Å². The number of rotatable bonds is 4. The van der Waals surface area contributed by atoms with Crippen molar-refractivity contribution in [1.82, 2.24) is 0 Å². The molecule has 0 heterocycles. The molecule has 0 atom stereocenters. The molecule has 3 nitrogen and oxygen atoms in total. The summed E-state index contributed by atoms with van der Waals surface area (Å²) in [6.07, 6.45) is -2.54. The number of nitrogen functional groups attached to an aromatic ring is 1. The minimum Gasteiger partial charge on any atom is -0.487 e. The van der Waals surface area contributed by atoms with Crippen LogP contribution in [0.15, 0.2) is 18.2 Å². The molecule has 0 aliphatic heterocycles. The number of aryl methyl sites for hydroxylation is 1. The lowest BCUT2D eigenvalue weighted by Gasteiger charge is -2.12. The van der Waals surface area contributed by atoms with Crippen LogP contribution in [0.1, 0.15) is 11.1 Å². The van der Waals surface area contributed by atoms with Gasteiger partial charge in [0.25, 0.3) is 6.43 Å². The summed E-state index contributed by atoms with van der Waals surface area (Å²) in [5.74, 6) is 0.0632. The maximum absolute atomic E-state index is 12.0. The molecule has 1 aromatic carbocycles. The molecule has 0 saturated heterocycles. The van der Waals surface area contributed by atoms with E-state index in [2.05, 4.69) is 0 Å². The van der Waals surface area contributed by atoms with E-state index in [0.29, 0.717) is 11.1 Å². The molecule has 1 rings (SSSR count). The van der Waals surface area contributed by atoms with E-state index in [4.69, 9.17) is 15.9 Å². The molecule has 0 amide bonds. The van der Waals surface area contributed by atoms with Gasteiger partial charge in [0, 0.05) is 0 Å². The van der Waals surface area contributed by atoms with Crippen LogP contribution in [0.25, 0.3) is 0 Å². The molecule has 3 N–H and O–H groups in total. The van der Waals surface area contributed by atoms with Gasteiger partial charge >= 0.3 is 0 Å². The Hall–Kier alpha value is -1.65. The van der Waals surface area contributed by atoms with E-state index in [1.165, 1.54) is 0 Å². The van der Waals surface area contributed by atoms with Crippen LogP contribution in [0.5, 0.6) is 5.75 Å². The summed E-state index contributed by atoms with van der Waals surface area (Å²) in [6, 6.07) is 4.98. The summed E-state index contributed by atoms with van der Waals surface area (Å²) in [5.41, 5.74) is 6.33. The van der Waals surface area contributed by atoms with E-state index in [-0.39, 0.29) is 11.6 Å². The molecular formula is C10H12F2N2O. The summed E-state index contributed by atoms with van der Waals surface area (Å²) in [4.78, 5) is 0. The molecule has 1 aromatic rings. The maximum Gasteiger partial charge on any atom is 0.272 e. The lowest BCUT2D eigenvalue weighted by molar-refractivity contribution is 0.0815. The molecule has 0 spiro atoms. The van der Waals surface area contributed by atoms with Crippen LogP contribution in [-0.4, -0.2) is 18.9 Å². The van der Waals surface area contributed by atoms with Gasteiger partial charge in [-0.15, -0.1) is 0 Å². The average molecular weight is 214 g/mol. The second-order valence-electron chi connectivity index (χ2n) is 3.07. The Kier molecular flexibility index (Phi) is 3.60. The van der Waals surface area contributed by atoms with Crippen LogP contribution < -0.4 is 10.5 Å². The molecule has 15 heavy (non-hydrogen) atoms. The normalized spacial score (nSPS) is 10.4. The van der Waals surface area contributed by atoms with Crippen molar-refractivity contribution in [3.05, 3.63) is 29.3 Å². The fourth-order valence-corrected chi connectivity index (χ4v) is 1.20. The molecule has 82 valence electrons. The number of amidine groups is 1. The van der Waals surface area contributed by atoms with Crippen LogP contribution in [0.2, 0.25) is 0 Å². The summed E-state index contributed by atoms with van der Waals surface area (Å²) in [6.45, 7) is 1.03. The van der Waals surface area contributed by atoms with Gasteiger partial charge in [-0.3, -0.25) is 5.41 Å². The second kappa shape index (κ2) is 4.72. The number of halogens is 2. The summed E-state index contributed by atoms with van der Waals surface area (Å²) >= 11 is 0.